The average molecular weight is 368 g/mol. The van der Waals surface area contributed by atoms with Crippen molar-refractivity contribution in [3.05, 3.63) is 48.0 Å². The van der Waals surface area contributed by atoms with Crippen molar-refractivity contribution in [1.29, 1.82) is 0 Å². The minimum atomic E-state index is -1.15. The number of nitrogens with zero attached hydrogens (tertiary/aromatic N) is 1. The number of esters is 1. The van der Waals surface area contributed by atoms with Gasteiger partial charge in [-0.05, 0) is 35.7 Å². The molecule has 0 unspecified atom stereocenters. The Balaban J connectivity index is 1.72. The zero-order chi connectivity index (χ0) is 19.4. The van der Waals surface area contributed by atoms with E-state index < -0.39 is 17.5 Å². The van der Waals surface area contributed by atoms with Crippen LogP contribution in [-0.2, 0) is 19.9 Å². The van der Waals surface area contributed by atoms with Gasteiger partial charge in [0.05, 0.1) is 13.0 Å². The Morgan fingerprint density at radius 3 is 2.63 bits per heavy atom. The maximum atomic E-state index is 12.9. The van der Waals surface area contributed by atoms with Crippen molar-refractivity contribution in [2.45, 2.75) is 38.6 Å². The van der Waals surface area contributed by atoms with E-state index >= 15 is 0 Å². The highest BCUT2D eigenvalue weighted by Crippen LogP contribution is 2.31. The molecule has 1 heterocycles. The Bertz CT molecular complexity index is 879. The zero-order valence-electron chi connectivity index (χ0n) is 15.7. The summed E-state index contributed by atoms with van der Waals surface area (Å²) in [6, 6.07) is 13.0. The molecule has 0 aliphatic carbocycles. The van der Waals surface area contributed by atoms with Gasteiger partial charge in [0.15, 0.2) is 0 Å². The van der Waals surface area contributed by atoms with Gasteiger partial charge in [0.2, 0.25) is 0 Å². The fourth-order valence-corrected chi connectivity index (χ4v) is 3.20. The van der Waals surface area contributed by atoms with E-state index in [0.29, 0.717) is 12.2 Å². The quantitative estimate of drug-likeness (QED) is 0.462. The van der Waals surface area contributed by atoms with E-state index in [1.165, 1.54) is 0 Å². The van der Waals surface area contributed by atoms with Crippen LogP contribution in [-0.4, -0.2) is 36.0 Å². The number of benzene rings is 2. The third-order valence-corrected chi connectivity index (χ3v) is 4.90. The number of ether oxygens (including phenoxy) is 1. The van der Waals surface area contributed by atoms with E-state index in [1.54, 1.807) is 6.92 Å². The lowest BCUT2D eigenvalue weighted by Crippen LogP contribution is -2.41. The maximum Gasteiger partial charge on any atom is 0.325 e. The van der Waals surface area contributed by atoms with Crippen LogP contribution in [0.2, 0.25) is 0 Å². The van der Waals surface area contributed by atoms with Crippen molar-refractivity contribution in [2.24, 2.45) is 0 Å². The molecule has 142 valence electrons. The highest BCUT2D eigenvalue weighted by molar-refractivity contribution is 6.07. The summed E-state index contributed by atoms with van der Waals surface area (Å²) in [5, 5.41) is 4.83. The fraction of sp³-hybridized carbons (Fsp3) is 0.381. The lowest BCUT2D eigenvalue weighted by atomic mass is 9.90. The standard InChI is InChI=1S/C21H24N2O4/c1-3-4-13-27-18(24)11-12-23-19(25)21(2,22-20(23)26)17-10-9-15-7-5-6-8-16(15)14-17/h5-10,14H,3-4,11-13H2,1-2H3,(H,22,26)/t21-/m0/s1. The number of hydrogen-bond acceptors (Lipinski definition) is 4. The van der Waals surface area contributed by atoms with Gasteiger partial charge in [-0.3, -0.25) is 14.5 Å². The summed E-state index contributed by atoms with van der Waals surface area (Å²) in [6.45, 7) is 4.08. The van der Waals surface area contributed by atoms with Crippen LogP contribution in [0, 0.1) is 0 Å². The summed E-state index contributed by atoms with van der Waals surface area (Å²) in [5.41, 5.74) is -0.430. The smallest absolute Gasteiger partial charge is 0.325 e. The molecule has 0 radical (unpaired) electrons. The van der Waals surface area contributed by atoms with Crippen LogP contribution in [0.25, 0.3) is 10.8 Å². The third-order valence-electron chi connectivity index (χ3n) is 4.90. The fourth-order valence-electron chi connectivity index (χ4n) is 3.20. The number of imide groups is 1. The first kappa shape index (κ1) is 18.9. The molecule has 0 spiro atoms. The molecule has 0 bridgehead atoms. The van der Waals surface area contributed by atoms with Crippen molar-refractivity contribution in [3.8, 4) is 0 Å². The second-order valence-corrected chi connectivity index (χ2v) is 6.90. The molecule has 1 aliphatic rings. The third kappa shape index (κ3) is 3.79. The van der Waals surface area contributed by atoms with Crippen LogP contribution in [0.4, 0.5) is 4.79 Å². The minimum absolute atomic E-state index is 0.00330. The molecular weight excluding hydrogens is 344 g/mol. The molecule has 3 rings (SSSR count). The second kappa shape index (κ2) is 7.78. The molecular formula is C21H24N2O4. The topological polar surface area (TPSA) is 75.7 Å². The van der Waals surface area contributed by atoms with Crippen LogP contribution in [0.15, 0.2) is 42.5 Å². The monoisotopic (exact) mass is 368 g/mol. The van der Waals surface area contributed by atoms with Gasteiger partial charge in [0.25, 0.3) is 5.91 Å². The van der Waals surface area contributed by atoms with Gasteiger partial charge in [0, 0.05) is 6.54 Å². The van der Waals surface area contributed by atoms with E-state index in [1.807, 2.05) is 49.4 Å². The van der Waals surface area contributed by atoms with Crippen molar-refractivity contribution >= 4 is 28.7 Å². The van der Waals surface area contributed by atoms with E-state index in [-0.39, 0.29) is 18.9 Å². The first-order valence-corrected chi connectivity index (χ1v) is 9.24. The molecule has 27 heavy (non-hydrogen) atoms. The molecule has 0 saturated carbocycles. The van der Waals surface area contributed by atoms with E-state index in [4.69, 9.17) is 4.74 Å². The zero-order valence-corrected chi connectivity index (χ0v) is 15.7. The summed E-state index contributed by atoms with van der Waals surface area (Å²) in [7, 11) is 0. The Labute approximate surface area is 158 Å². The lowest BCUT2D eigenvalue weighted by Gasteiger charge is -2.22. The number of hydrogen-bond donors (Lipinski definition) is 1. The molecule has 1 N–H and O–H groups in total. The number of amides is 3. The van der Waals surface area contributed by atoms with E-state index in [9.17, 15) is 14.4 Å². The van der Waals surface area contributed by atoms with Crippen molar-refractivity contribution in [2.75, 3.05) is 13.2 Å². The van der Waals surface area contributed by atoms with Gasteiger partial charge in [-0.25, -0.2) is 4.79 Å². The van der Waals surface area contributed by atoms with Crippen molar-refractivity contribution < 1.29 is 19.1 Å². The number of carbonyl (C=O) groups excluding carboxylic acids is 3. The number of unbranched alkanes of at least 4 members (excludes halogenated alkanes) is 1. The lowest BCUT2D eigenvalue weighted by molar-refractivity contribution is -0.144. The first-order chi connectivity index (χ1) is 13.0. The molecule has 1 fully saturated rings. The predicted octanol–water partition coefficient (Wildman–Crippen LogP) is 3.34. The van der Waals surface area contributed by atoms with Gasteiger partial charge in [-0.2, -0.15) is 0 Å². The van der Waals surface area contributed by atoms with E-state index in [2.05, 4.69) is 5.32 Å². The van der Waals surface area contributed by atoms with Crippen LogP contribution >= 0.6 is 0 Å². The maximum absolute atomic E-state index is 12.9. The Morgan fingerprint density at radius 1 is 1.15 bits per heavy atom. The summed E-state index contributed by atoms with van der Waals surface area (Å²) in [6.07, 6.45) is 1.73. The number of nitrogens with one attached hydrogen (secondary N) is 1. The molecule has 6 heteroatoms. The Hall–Kier alpha value is -2.89. The van der Waals surface area contributed by atoms with Crippen LogP contribution in [0.3, 0.4) is 0 Å². The predicted molar refractivity (Wildman–Crippen MR) is 102 cm³/mol. The molecule has 0 aromatic heterocycles. The van der Waals surface area contributed by atoms with Gasteiger partial charge < -0.3 is 10.1 Å². The molecule has 6 nitrogen and oxygen atoms in total. The van der Waals surface area contributed by atoms with Crippen molar-refractivity contribution in [1.82, 2.24) is 10.2 Å². The summed E-state index contributed by atoms with van der Waals surface area (Å²) in [5.74, 6) is -0.757. The van der Waals surface area contributed by atoms with Crippen LogP contribution < -0.4 is 5.32 Å². The number of carbonyl (C=O) groups is 3. The minimum Gasteiger partial charge on any atom is -0.466 e. The van der Waals surface area contributed by atoms with Crippen LogP contribution in [0.5, 0.6) is 0 Å². The normalized spacial score (nSPS) is 19.4. The highest BCUT2D eigenvalue weighted by atomic mass is 16.5. The number of rotatable bonds is 7. The van der Waals surface area contributed by atoms with Crippen molar-refractivity contribution in [3.63, 3.8) is 0 Å². The molecule has 2 aromatic rings. The number of urea groups is 1. The average Bonchev–Trinajstić information content (AvgIpc) is 2.89. The molecule has 1 aliphatic heterocycles. The van der Waals surface area contributed by atoms with Crippen LogP contribution in [0.1, 0.15) is 38.7 Å². The molecule has 1 atom stereocenters. The van der Waals surface area contributed by atoms with Gasteiger partial charge >= 0.3 is 12.0 Å². The van der Waals surface area contributed by atoms with E-state index in [0.717, 1.165) is 28.5 Å². The van der Waals surface area contributed by atoms with Gasteiger partial charge in [-0.1, -0.05) is 49.7 Å². The SMILES string of the molecule is CCCCOC(=O)CCN1C(=O)N[C@@](C)(c2ccc3ccccc3c2)C1=O. The summed E-state index contributed by atoms with van der Waals surface area (Å²) < 4.78 is 5.09. The second-order valence-electron chi connectivity index (χ2n) is 6.90. The Morgan fingerprint density at radius 2 is 1.89 bits per heavy atom. The largest absolute Gasteiger partial charge is 0.466 e. The molecule has 1 saturated heterocycles. The number of fused-ring (bicyclic) bond motifs is 1. The Kier molecular flexibility index (Phi) is 5.44. The molecule has 2 aromatic carbocycles. The summed E-state index contributed by atoms with van der Waals surface area (Å²) in [4.78, 5) is 38.2. The van der Waals surface area contributed by atoms with Gasteiger partial charge in [0.1, 0.15) is 5.54 Å². The summed E-state index contributed by atoms with van der Waals surface area (Å²) >= 11 is 0. The first-order valence-electron chi connectivity index (χ1n) is 9.24. The highest BCUT2D eigenvalue weighted by Gasteiger charge is 2.48. The molecule has 3 amide bonds. The van der Waals surface area contributed by atoms with Gasteiger partial charge in [-0.15, -0.1) is 0 Å².